The van der Waals surface area contributed by atoms with E-state index >= 15 is 0 Å². The minimum Gasteiger partial charge on any atom is -0.496 e. The van der Waals surface area contributed by atoms with Crippen LogP contribution in [0.15, 0.2) is 64.4 Å². The Morgan fingerprint density at radius 2 is 1.64 bits per heavy atom. The second-order valence-electron chi connectivity index (χ2n) is 8.80. The number of methoxy groups -OCH3 is 1. The van der Waals surface area contributed by atoms with Gasteiger partial charge in [0.1, 0.15) is 11.4 Å². The Hall–Kier alpha value is -3.63. The number of esters is 1. The number of fused-ring (bicyclic) bond motifs is 2. The number of aromatic nitrogens is 1. The number of carbonyl (C=O) groups excluding carboxylic acids is 2. The number of rotatable bonds is 6. The van der Waals surface area contributed by atoms with Gasteiger partial charge in [0, 0.05) is 11.6 Å². The maximum Gasteiger partial charge on any atom is 0.442 e. The first-order valence-corrected chi connectivity index (χ1v) is 13.2. The summed E-state index contributed by atoms with van der Waals surface area (Å²) in [6.07, 6.45) is 3.28. The largest absolute Gasteiger partial charge is 0.496 e. The number of likely N-dealkylation sites (tertiary alicyclic amines) is 1. The molecule has 1 atom stereocenters. The van der Waals surface area contributed by atoms with Gasteiger partial charge in [-0.25, -0.2) is 18.0 Å². The van der Waals surface area contributed by atoms with E-state index < -0.39 is 21.8 Å². The van der Waals surface area contributed by atoms with Gasteiger partial charge in [-0.1, -0.05) is 24.6 Å². The van der Waals surface area contributed by atoms with Crippen LogP contribution >= 0.6 is 0 Å². The minimum atomic E-state index is -3.85. The Kier molecular flexibility index (Phi) is 6.31. The van der Waals surface area contributed by atoms with E-state index in [1.165, 1.54) is 42.2 Å². The van der Waals surface area contributed by atoms with Crippen LogP contribution in [0.5, 0.6) is 11.5 Å². The van der Waals surface area contributed by atoms with Crippen LogP contribution in [0.25, 0.3) is 11.3 Å². The standard InChI is InChI=1S/C26H26N2O7S/c1-17(27-13-7-4-8-14-27)21-16-23-24(28(21)35-26(30)25(29)34-23)20-15-19(11-12-22(20)33-2)36(31,32)18-9-5-3-6-10-18/h3,5-6,9-12,15-17H,4,7-8,13-14H2,1-2H3. The van der Waals surface area contributed by atoms with Crippen molar-refractivity contribution in [2.45, 2.75) is 42.0 Å². The predicted molar refractivity (Wildman–Crippen MR) is 129 cm³/mol. The highest BCUT2D eigenvalue weighted by Gasteiger charge is 2.36. The van der Waals surface area contributed by atoms with Gasteiger partial charge in [0.05, 0.1) is 28.6 Å². The lowest BCUT2D eigenvalue weighted by molar-refractivity contribution is -0.161. The van der Waals surface area contributed by atoms with Gasteiger partial charge >= 0.3 is 11.9 Å². The number of hydrogen-bond donors (Lipinski definition) is 0. The van der Waals surface area contributed by atoms with Gasteiger partial charge in [-0.05, 0) is 63.2 Å². The quantitative estimate of drug-likeness (QED) is 0.367. The van der Waals surface area contributed by atoms with Crippen LogP contribution < -0.4 is 14.3 Å². The fourth-order valence-electron chi connectivity index (χ4n) is 4.73. The Morgan fingerprint density at radius 1 is 0.917 bits per heavy atom. The van der Waals surface area contributed by atoms with Crippen molar-refractivity contribution in [3.63, 3.8) is 0 Å². The Balaban J connectivity index is 1.68. The molecule has 0 aliphatic carbocycles. The van der Waals surface area contributed by atoms with Crippen molar-refractivity contribution in [3.8, 4) is 22.8 Å². The van der Waals surface area contributed by atoms with Crippen molar-refractivity contribution in [3.05, 3.63) is 60.3 Å². The number of hydrogen-bond acceptors (Lipinski definition) is 8. The van der Waals surface area contributed by atoms with Crippen molar-refractivity contribution >= 4 is 21.8 Å². The van der Waals surface area contributed by atoms with Crippen molar-refractivity contribution in [1.82, 2.24) is 9.63 Å². The third-order valence-corrected chi connectivity index (χ3v) is 8.42. The van der Waals surface area contributed by atoms with Gasteiger partial charge in [-0.3, -0.25) is 4.90 Å². The van der Waals surface area contributed by atoms with E-state index in [1.54, 1.807) is 24.3 Å². The van der Waals surface area contributed by atoms with Crippen LogP contribution in [-0.2, 0) is 19.4 Å². The lowest BCUT2D eigenvalue weighted by Crippen LogP contribution is -2.36. The van der Waals surface area contributed by atoms with Gasteiger partial charge in [-0.2, -0.15) is 4.73 Å². The molecule has 0 saturated carbocycles. The first-order valence-electron chi connectivity index (χ1n) is 11.7. The summed E-state index contributed by atoms with van der Waals surface area (Å²) in [4.78, 5) is 32.5. The molecule has 0 N–H and O–H groups in total. The number of carbonyl (C=O) groups is 2. The zero-order chi connectivity index (χ0) is 25.4. The van der Waals surface area contributed by atoms with E-state index in [2.05, 4.69) is 4.90 Å². The van der Waals surface area contributed by atoms with Crippen LogP contribution in [0, 0.1) is 0 Å². The van der Waals surface area contributed by atoms with Crippen LogP contribution in [0.3, 0.4) is 0 Å². The van der Waals surface area contributed by atoms with Gasteiger partial charge in [0.25, 0.3) is 0 Å². The summed E-state index contributed by atoms with van der Waals surface area (Å²) in [6, 6.07) is 14.0. The highest BCUT2D eigenvalue weighted by molar-refractivity contribution is 7.91. The molecule has 1 aromatic heterocycles. The average Bonchev–Trinajstić information content (AvgIpc) is 3.19. The molecular weight excluding hydrogens is 484 g/mol. The molecule has 2 aromatic carbocycles. The van der Waals surface area contributed by atoms with Gasteiger partial charge in [0.2, 0.25) is 9.84 Å². The molecule has 10 heteroatoms. The molecule has 0 radical (unpaired) electrons. The highest BCUT2D eigenvalue weighted by atomic mass is 32.2. The average molecular weight is 511 g/mol. The Bertz CT molecular complexity index is 1420. The van der Waals surface area contributed by atoms with Gasteiger partial charge in [-0.15, -0.1) is 0 Å². The van der Waals surface area contributed by atoms with E-state index in [1.807, 2.05) is 6.92 Å². The number of piperidine rings is 1. The van der Waals surface area contributed by atoms with E-state index in [0.29, 0.717) is 17.0 Å². The number of ether oxygens (including phenoxy) is 2. The zero-order valence-corrected chi connectivity index (χ0v) is 20.8. The summed E-state index contributed by atoms with van der Waals surface area (Å²) < 4.78 is 38.9. The fourth-order valence-corrected chi connectivity index (χ4v) is 6.04. The first-order chi connectivity index (χ1) is 17.3. The summed E-state index contributed by atoms with van der Waals surface area (Å²) in [7, 11) is -2.40. The summed E-state index contributed by atoms with van der Waals surface area (Å²) in [5, 5.41) is 0. The van der Waals surface area contributed by atoms with E-state index in [-0.39, 0.29) is 27.3 Å². The normalized spacial score (nSPS) is 17.2. The third-order valence-electron chi connectivity index (χ3n) is 6.65. The second-order valence-corrected chi connectivity index (χ2v) is 10.7. The summed E-state index contributed by atoms with van der Waals surface area (Å²) in [6.45, 7) is 3.77. The molecule has 3 heterocycles. The molecule has 0 amide bonds. The third kappa shape index (κ3) is 4.16. The number of sulfone groups is 1. The molecule has 2 aliphatic rings. The highest BCUT2D eigenvalue weighted by Crippen LogP contribution is 2.43. The molecule has 188 valence electrons. The van der Waals surface area contributed by atoms with Crippen LogP contribution in [0.4, 0.5) is 0 Å². The van der Waals surface area contributed by atoms with E-state index in [9.17, 15) is 18.0 Å². The maximum atomic E-state index is 13.3. The summed E-state index contributed by atoms with van der Waals surface area (Å²) in [5.41, 5.74) is 1.15. The van der Waals surface area contributed by atoms with E-state index in [4.69, 9.17) is 14.3 Å². The Morgan fingerprint density at radius 3 is 2.33 bits per heavy atom. The van der Waals surface area contributed by atoms with Crippen molar-refractivity contribution in [1.29, 1.82) is 0 Å². The van der Waals surface area contributed by atoms with E-state index in [0.717, 1.165) is 32.4 Å². The zero-order valence-electron chi connectivity index (χ0n) is 20.0. The van der Waals surface area contributed by atoms with Crippen LogP contribution in [0.1, 0.15) is 37.9 Å². The lowest BCUT2D eigenvalue weighted by atomic mass is 10.1. The topological polar surface area (TPSA) is 104 Å². The molecule has 1 fully saturated rings. The summed E-state index contributed by atoms with van der Waals surface area (Å²) in [5.74, 6) is -1.89. The van der Waals surface area contributed by atoms with Gasteiger partial charge in [0.15, 0.2) is 5.75 Å². The van der Waals surface area contributed by atoms with Gasteiger partial charge < -0.3 is 14.3 Å². The first kappa shape index (κ1) is 24.1. The number of benzene rings is 2. The second kappa shape index (κ2) is 9.44. The molecule has 5 rings (SSSR count). The molecule has 1 unspecified atom stereocenters. The molecule has 9 nitrogen and oxygen atoms in total. The summed E-state index contributed by atoms with van der Waals surface area (Å²) >= 11 is 0. The lowest BCUT2D eigenvalue weighted by Gasteiger charge is -2.32. The van der Waals surface area contributed by atoms with Crippen molar-refractivity contribution < 1.29 is 32.3 Å². The molecule has 0 spiro atoms. The smallest absolute Gasteiger partial charge is 0.442 e. The van der Waals surface area contributed by atoms with Crippen LogP contribution in [-0.4, -0.2) is 50.2 Å². The van der Waals surface area contributed by atoms with Crippen LogP contribution in [0.2, 0.25) is 0 Å². The Labute approximate surface area is 209 Å². The molecular formula is C26H26N2O7S. The maximum absolute atomic E-state index is 13.3. The molecule has 1 saturated heterocycles. The monoisotopic (exact) mass is 510 g/mol. The SMILES string of the molecule is COc1ccc(S(=O)(=O)c2ccccc2)cc1-c1c2cc(C(C)N3CCCCC3)n1OC(=O)C(=O)O2. The minimum absolute atomic E-state index is 0.0192. The number of nitrogens with zero attached hydrogens (tertiary/aromatic N) is 2. The molecule has 36 heavy (non-hydrogen) atoms. The fraction of sp³-hybridized carbons (Fsp3) is 0.308. The molecule has 3 aromatic rings. The van der Waals surface area contributed by atoms with Crippen molar-refractivity contribution in [2.24, 2.45) is 0 Å². The van der Waals surface area contributed by atoms with Crippen molar-refractivity contribution in [2.75, 3.05) is 20.2 Å². The molecule has 2 aliphatic heterocycles. The molecule has 2 bridgehead atoms. The predicted octanol–water partition coefficient (Wildman–Crippen LogP) is 3.42.